The van der Waals surface area contributed by atoms with Crippen LogP contribution in [0.1, 0.15) is 35.7 Å². The van der Waals surface area contributed by atoms with E-state index in [-0.39, 0.29) is 5.91 Å². The van der Waals surface area contributed by atoms with Crippen molar-refractivity contribution in [1.29, 1.82) is 0 Å². The molecule has 1 atom stereocenters. The third-order valence-electron chi connectivity index (χ3n) is 2.93. The second-order valence-electron chi connectivity index (χ2n) is 4.57. The predicted molar refractivity (Wildman–Crippen MR) is 83.4 cm³/mol. The fourth-order valence-corrected chi connectivity index (χ4v) is 2.37. The second-order valence-corrected chi connectivity index (χ2v) is 6.07. The lowest BCUT2D eigenvalue weighted by atomic mass is 10.1. The van der Waals surface area contributed by atoms with Crippen LogP contribution in [0.4, 0.5) is 0 Å². The number of halogens is 2. The zero-order valence-corrected chi connectivity index (χ0v) is 14.0. The summed E-state index contributed by atoms with van der Waals surface area (Å²) < 4.78 is 0.975. The molecule has 4 heteroatoms. The molecule has 0 aromatic heterocycles. The van der Waals surface area contributed by atoms with Gasteiger partial charge in [0.05, 0.1) is 0 Å². The van der Waals surface area contributed by atoms with Gasteiger partial charge < -0.3 is 5.32 Å². The lowest BCUT2D eigenvalue weighted by Gasteiger charge is -2.10. The Kier molecular flexibility index (Phi) is 6.94. The fraction of sp³-hybridized carbons (Fsp3) is 0.500. The zero-order chi connectivity index (χ0) is 13.5. The summed E-state index contributed by atoms with van der Waals surface area (Å²) in [7, 11) is 0. The minimum absolute atomic E-state index is 0.0142. The van der Waals surface area contributed by atoms with Gasteiger partial charge in [-0.2, -0.15) is 0 Å². The number of hydrogen-bond donors (Lipinski definition) is 1. The first-order valence-corrected chi connectivity index (χ1v) is 8.07. The number of hydrogen-bond acceptors (Lipinski definition) is 1. The van der Waals surface area contributed by atoms with Crippen LogP contribution in [0.5, 0.6) is 0 Å². The third kappa shape index (κ3) is 4.73. The molecule has 1 aromatic rings. The van der Waals surface area contributed by atoms with Crippen LogP contribution in [0.2, 0.25) is 0 Å². The van der Waals surface area contributed by atoms with E-state index in [9.17, 15) is 4.79 Å². The van der Waals surface area contributed by atoms with Gasteiger partial charge in [0.1, 0.15) is 0 Å². The Bertz CT molecular complexity index is 407. The Hall–Kier alpha value is -0.350. The maximum atomic E-state index is 12.0. The molecule has 0 aliphatic carbocycles. The summed E-state index contributed by atoms with van der Waals surface area (Å²) in [6.45, 7) is 4.89. The van der Waals surface area contributed by atoms with Crippen molar-refractivity contribution in [2.24, 2.45) is 5.92 Å². The van der Waals surface area contributed by atoms with Gasteiger partial charge in [0.25, 0.3) is 5.91 Å². The second kappa shape index (κ2) is 7.95. The first kappa shape index (κ1) is 15.7. The van der Waals surface area contributed by atoms with E-state index in [2.05, 4.69) is 44.1 Å². The highest BCUT2D eigenvalue weighted by atomic mass is 79.9. The van der Waals surface area contributed by atoms with Crippen LogP contribution in [0.3, 0.4) is 0 Å². The minimum Gasteiger partial charge on any atom is -0.352 e. The van der Waals surface area contributed by atoms with E-state index in [1.165, 1.54) is 0 Å². The molecule has 0 aliphatic heterocycles. The first-order valence-electron chi connectivity index (χ1n) is 6.15. The molecule has 18 heavy (non-hydrogen) atoms. The molecule has 0 radical (unpaired) electrons. The summed E-state index contributed by atoms with van der Waals surface area (Å²) in [5.41, 5.74) is 1.74. The molecule has 2 nitrogen and oxygen atoms in total. The van der Waals surface area contributed by atoms with Crippen molar-refractivity contribution in [3.63, 3.8) is 0 Å². The Morgan fingerprint density at radius 3 is 2.83 bits per heavy atom. The summed E-state index contributed by atoms with van der Waals surface area (Å²) in [4.78, 5) is 12.0. The lowest BCUT2D eigenvalue weighted by molar-refractivity contribution is 0.0952. The quantitative estimate of drug-likeness (QED) is 0.582. The van der Waals surface area contributed by atoms with Crippen LogP contribution in [0.15, 0.2) is 22.7 Å². The average molecular weight is 377 g/mol. The highest BCUT2D eigenvalue weighted by molar-refractivity contribution is 9.10. The van der Waals surface area contributed by atoms with Gasteiger partial charge in [0.2, 0.25) is 0 Å². The molecule has 1 unspecified atom stereocenters. The van der Waals surface area contributed by atoms with Crippen molar-refractivity contribution in [2.75, 3.05) is 11.9 Å². The van der Waals surface area contributed by atoms with Crippen LogP contribution in [-0.4, -0.2) is 17.8 Å². The van der Waals surface area contributed by atoms with Gasteiger partial charge in [-0.05, 0) is 43.4 Å². The van der Waals surface area contributed by atoms with Gasteiger partial charge in [0, 0.05) is 21.9 Å². The molecule has 0 aliphatic rings. The Labute approximate surface area is 126 Å². The van der Waals surface area contributed by atoms with Gasteiger partial charge in [-0.15, -0.1) is 0 Å². The number of amides is 1. The summed E-state index contributed by atoms with van der Waals surface area (Å²) in [6.07, 6.45) is 2.15. The molecule has 0 bridgehead atoms. The van der Waals surface area contributed by atoms with Crippen molar-refractivity contribution in [1.82, 2.24) is 5.32 Å². The minimum atomic E-state index is 0.0142. The van der Waals surface area contributed by atoms with Crippen LogP contribution in [0, 0.1) is 12.8 Å². The monoisotopic (exact) mass is 375 g/mol. The standard InChI is InChI=1S/C14H19Br2NO/c1-10(9-15)5-4-8-17-14(18)12-6-3-7-13(16)11(12)2/h3,6-7,10H,4-5,8-9H2,1-2H3,(H,17,18). The summed E-state index contributed by atoms with van der Waals surface area (Å²) in [5.74, 6) is 0.676. The van der Waals surface area contributed by atoms with E-state index < -0.39 is 0 Å². The maximum absolute atomic E-state index is 12.0. The molecule has 1 rings (SSSR count). The van der Waals surface area contributed by atoms with Crippen LogP contribution in [0.25, 0.3) is 0 Å². The number of carbonyl (C=O) groups is 1. The van der Waals surface area contributed by atoms with E-state index in [1.54, 1.807) is 0 Å². The molecule has 1 aromatic carbocycles. The van der Waals surface area contributed by atoms with Gasteiger partial charge >= 0.3 is 0 Å². The average Bonchev–Trinajstić information content (AvgIpc) is 2.37. The zero-order valence-electron chi connectivity index (χ0n) is 10.8. The topological polar surface area (TPSA) is 29.1 Å². The molecule has 0 saturated heterocycles. The van der Waals surface area contributed by atoms with Crippen LogP contribution < -0.4 is 5.32 Å². The lowest BCUT2D eigenvalue weighted by Crippen LogP contribution is -2.25. The first-order chi connectivity index (χ1) is 8.56. The summed E-state index contributed by atoms with van der Waals surface area (Å²) in [6, 6.07) is 5.69. The maximum Gasteiger partial charge on any atom is 0.251 e. The van der Waals surface area contributed by atoms with E-state index in [0.717, 1.165) is 40.3 Å². The number of carbonyl (C=O) groups excluding carboxylic acids is 1. The Morgan fingerprint density at radius 2 is 2.17 bits per heavy atom. The summed E-state index contributed by atoms with van der Waals surface area (Å²) in [5, 5.41) is 3.99. The van der Waals surface area contributed by atoms with Gasteiger partial charge in [-0.3, -0.25) is 4.79 Å². The highest BCUT2D eigenvalue weighted by Gasteiger charge is 2.10. The Morgan fingerprint density at radius 1 is 1.44 bits per heavy atom. The van der Waals surface area contributed by atoms with Gasteiger partial charge in [-0.1, -0.05) is 44.8 Å². The fourth-order valence-electron chi connectivity index (χ4n) is 1.68. The molecule has 100 valence electrons. The molecule has 0 spiro atoms. The number of nitrogens with one attached hydrogen (secondary N) is 1. The van der Waals surface area contributed by atoms with Crippen LogP contribution >= 0.6 is 31.9 Å². The smallest absolute Gasteiger partial charge is 0.251 e. The van der Waals surface area contributed by atoms with E-state index in [0.29, 0.717) is 5.92 Å². The SMILES string of the molecule is Cc1c(Br)cccc1C(=O)NCCCC(C)CBr. The predicted octanol–water partition coefficient (Wildman–Crippen LogP) is 4.30. The highest BCUT2D eigenvalue weighted by Crippen LogP contribution is 2.19. The Balaban J connectivity index is 2.44. The van der Waals surface area contributed by atoms with E-state index in [1.807, 2.05) is 25.1 Å². The van der Waals surface area contributed by atoms with Crippen molar-refractivity contribution >= 4 is 37.8 Å². The van der Waals surface area contributed by atoms with Crippen molar-refractivity contribution in [3.8, 4) is 0 Å². The molecule has 1 amide bonds. The van der Waals surface area contributed by atoms with Crippen molar-refractivity contribution < 1.29 is 4.79 Å². The molecule has 0 fully saturated rings. The van der Waals surface area contributed by atoms with Crippen LogP contribution in [-0.2, 0) is 0 Å². The number of rotatable bonds is 6. The molecule has 0 heterocycles. The van der Waals surface area contributed by atoms with Gasteiger partial charge in [0.15, 0.2) is 0 Å². The largest absolute Gasteiger partial charge is 0.352 e. The molecule has 0 saturated carbocycles. The number of alkyl halides is 1. The van der Waals surface area contributed by atoms with E-state index in [4.69, 9.17) is 0 Å². The van der Waals surface area contributed by atoms with E-state index >= 15 is 0 Å². The van der Waals surface area contributed by atoms with Gasteiger partial charge in [-0.25, -0.2) is 0 Å². The normalized spacial score (nSPS) is 12.2. The number of benzene rings is 1. The molecule has 1 N–H and O–H groups in total. The molecular formula is C14H19Br2NO. The third-order valence-corrected chi connectivity index (χ3v) is 4.90. The summed E-state index contributed by atoms with van der Waals surface area (Å²) >= 11 is 6.90. The van der Waals surface area contributed by atoms with Crippen molar-refractivity contribution in [3.05, 3.63) is 33.8 Å². The molecular weight excluding hydrogens is 358 g/mol. The van der Waals surface area contributed by atoms with Crippen molar-refractivity contribution in [2.45, 2.75) is 26.7 Å².